The van der Waals surface area contributed by atoms with Crippen molar-refractivity contribution < 1.29 is 17.9 Å². The van der Waals surface area contributed by atoms with E-state index in [0.717, 1.165) is 45.2 Å². The zero-order chi connectivity index (χ0) is 20.1. The van der Waals surface area contributed by atoms with Crippen molar-refractivity contribution >= 4 is 15.9 Å². The van der Waals surface area contributed by atoms with Crippen LogP contribution in [0.3, 0.4) is 0 Å². The Labute approximate surface area is 168 Å². The van der Waals surface area contributed by atoms with E-state index in [9.17, 15) is 13.2 Å². The van der Waals surface area contributed by atoms with Gasteiger partial charge in [-0.3, -0.25) is 4.79 Å². The van der Waals surface area contributed by atoms with E-state index in [4.69, 9.17) is 4.74 Å². The number of nitrogens with zero attached hydrogens (tertiary/aromatic N) is 2. The Balaban J connectivity index is 1.67. The molecular formula is C20H31N3O4S. The molecule has 0 radical (unpaired) electrons. The van der Waals surface area contributed by atoms with Crippen molar-refractivity contribution in [2.45, 2.75) is 37.0 Å². The van der Waals surface area contributed by atoms with E-state index in [0.29, 0.717) is 36.9 Å². The Morgan fingerprint density at radius 3 is 2.50 bits per heavy atom. The quantitative estimate of drug-likeness (QED) is 0.745. The third-order valence-electron chi connectivity index (χ3n) is 5.79. The molecule has 1 aromatic rings. The number of rotatable bonds is 7. The molecule has 2 aliphatic rings. The number of hydrogen-bond donors (Lipinski definition) is 1. The first-order valence-electron chi connectivity index (χ1n) is 10.1. The van der Waals surface area contributed by atoms with E-state index in [1.54, 1.807) is 11.0 Å². The predicted octanol–water partition coefficient (Wildman–Crippen LogP) is 1.94. The molecule has 7 nitrogen and oxygen atoms in total. The lowest BCUT2D eigenvalue weighted by atomic mass is 9.94. The third-order valence-corrected chi connectivity index (χ3v) is 7.25. The van der Waals surface area contributed by atoms with Crippen LogP contribution in [0.15, 0.2) is 23.1 Å². The third kappa shape index (κ3) is 5.04. The number of benzene rings is 1. The van der Waals surface area contributed by atoms with Crippen LogP contribution in [0.25, 0.3) is 0 Å². The van der Waals surface area contributed by atoms with Gasteiger partial charge in [0.1, 0.15) is 5.75 Å². The molecule has 1 amide bonds. The SMILES string of the molecule is COc1ccc(S(=O)(=O)NCCC2CCN(C)CC2)cc1C(=O)N1CCCC1. The molecule has 1 N–H and O–H groups in total. The number of carbonyl (C=O) groups excluding carboxylic acids is 1. The fourth-order valence-corrected chi connectivity index (χ4v) is 5.02. The smallest absolute Gasteiger partial charge is 0.257 e. The Hall–Kier alpha value is -1.64. The lowest BCUT2D eigenvalue weighted by Gasteiger charge is -2.28. The number of sulfonamides is 1. The van der Waals surface area contributed by atoms with Crippen LogP contribution in [-0.4, -0.2) is 71.0 Å². The summed E-state index contributed by atoms with van der Waals surface area (Å²) in [7, 11) is -0.0582. The van der Waals surface area contributed by atoms with E-state index >= 15 is 0 Å². The highest BCUT2D eigenvalue weighted by molar-refractivity contribution is 7.89. The highest BCUT2D eigenvalue weighted by Gasteiger charge is 2.25. The molecule has 2 aliphatic heterocycles. The second kappa shape index (κ2) is 9.24. The molecule has 8 heteroatoms. The number of methoxy groups -OCH3 is 1. The molecule has 3 rings (SSSR count). The first-order chi connectivity index (χ1) is 13.4. The van der Waals surface area contributed by atoms with E-state index in [1.165, 1.54) is 19.2 Å². The maximum Gasteiger partial charge on any atom is 0.257 e. The molecule has 1 aromatic carbocycles. The second-order valence-electron chi connectivity index (χ2n) is 7.79. The normalized spacial score (nSPS) is 19.1. The summed E-state index contributed by atoms with van der Waals surface area (Å²) in [6, 6.07) is 4.50. The number of likely N-dealkylation sites (tertiary alicyclic amines) is 2. The van der Waals surface area contributed by atoms with E-state index < -0.39 is 10.0 Å². The molecule has 0 unspecified atom stereocenters. The van der Waals surface area contributed by atoms with Crippen molar-refractivity contribution in [2.24, 2.45) is 5.92 Å². The summed E-state index contributed by atoms with van der Waals surface area (Å²) in [6.07, 6.45) is 5.00. The van der Waals surface area contributed by atoms with Gasteiger partial charge in [-0.05, 0) is 76.4 Å². The molecule has 0 saturated carbocycles. The minimum atomic E-state index is -3.66. The summed E-state index contributed by atoms with van der Waals surface area (Å²) < 4.78 is 33.5. The molecule has 0 aliphatic carbocycles. The highest BCUT2D eigenvalue weighted by Crippen LogP contribution is 2.26. The Morgan fingerprint density at radius 1 is 1.18 bits per heavy atom. The molecule has 2 fully saturated rings. The largest absolute Gasteiger partial charge is 0.496 e. The first-order valence-corrected chi connectivity index (χ1v) is 11.5. The maximum atomic E-state index is 12.8. The average molecular weight is 410 g/mol. The molecule has 2 heterocycles. The Kier molecular flexibility index (Phi) is 6.95. The summed E-state index contributed by atoms with van der Waals surface area (Å²) in [5.74, 6) is 0.793. The van der Waals surface area contributed by atoms with Crippen molar-refractivity contribution in [3.05, 3.63) is 23.8 Å². The van der Waals surface area contributed by atoms with Crippen molar-refractivity contribution in [3.8, 4) is 5.75 Å². The fraction of sp³-hybridized carbons (Fsp3) is 0.650. The van der Waals surface area contributed by atoms with Crippen LogP contribution in [0.2, 0.25) is 0 Å². The van der Waals surface area contributed by atoms with Gasteiger partial charge in [-0.15, -0.1) is 0 Å². The van der Waals surface area contributed by atoms with Crippen molar-refractivity contribution in [3.63, 3.8) is 0 Å². The van der Waals surface area contributed by atoms with Gasteiger partial charge in [-0.25, -0.2) is 13.1 Å². The lowest BCUT2D eigenvalue weighted by molar-refractivity contribution is 0.0789. The van der Waals surface area contributed by atoms with Crippen molar-refractivity contribution in [1.82, 2.24) is 14.5 Å². The molecule has 0 atom stereocenters. The second-order valence-corrected chi connectivity index (χ2v) is 9.56. The van der Waals surface area contributed by atoms with E-state index in [1.807, 2.05) is 0 Å². The molecule has 0 spiro atoms. The van der Waals surface area contributed by atoms with Crippen molar-refractivity contribution in [1.29, 1.82) is 0 Å². The molecule has 28 heavy (non-hydrogen) atoms. The first kappa shape index (κ1) is 21.1. The van der Waals surface area contributed by atoms with Crippen LogP contribution in [0.4, 0.5) is 0 Å². The number of ether oxygens (including phenoxy) is 1. The van der Waals surface area contributed by atoms with Crippen LogP contribution in [-0.2, 0) is 10.0 Å². The molecule has 156 valence electrons. The van der Waals surface area contributed by atoms with Crippen LogP contribution in [0.5, 0.6) is 5.75 Å². The van der Waals surface area contributed by atoms with Crippen LogP contribution in [0.1, 0.15) is 42.5 Å². The molecular weight excluding hydrogens is 378 g/mol. The highest BCUT2D eigenvalue weighted by atomic mass is 32.2. The Morgan fingerprint density at radius 2 is 1.86 bits per heavy atom. The topological polar surface area (TPSA) is 79.0 Å². The summed E-state index contributed by atoms with van der Waals surface area (Å²) in [5.41, 5.74) is 0.308. The Bertz CT molecular complexity index is 783. The van der Waals surface area contributed by atoms with Gasteiger partial charge in [-0.1, -0.05) is 0 Å². The van der Waals surface area contributed by atoms with Crippen LogP contribution in [0, 0.1) is 5.92 Å². The number of amides is 1. The number of piperidine rings is 1. The van der Waals surface area contributed by atoms with Gasteiger partial charge in [0.25, 0.3) is 5.91 Å². The number of hydrogen-bond acceptors (Lipinski definition) is 5. The average Bonchev–Trinajstić information content (AvgIpc) is 3.23. The van der Waals surface area contributed by atoms with Gasteiger partial charge >= 0.3 is 0 Å². The zero-order valence-corrected chi connectivity index (χ0v) is 17.6. The predicted molar refractivity (Wildman–Crippen MR) is 108 cm³/mol. The standard InChI is InChI=1S/C20H31N3O4S/c1-22-13-8-16(9-14-22)7-10-21-28(25,26)17-5-6-19(27-2)18(15-17)20(24)23-11-3-4-12-23/h5-6,15-16,21H,3-4,7-14H2,1-2H3. The van der Waals surface area contributed by atoms with Gasteiger partial charge in [0.15, 0.2) is 0 Å². The summed E-state index contributed by atoms with van der Waals surface area (Å²) in [6.45, 7) is 3.95. The van der Waals surface area contributed by atoms with Gasteiger partial charge in [0.2, 0.25) is 10.0 Å². The zero-order valence-electron chi connectivity index (χ0n) is 16.8. The van der Waals surface area contributed by atoms with Gasteiger partial charge in [-0.2, -0.15) is 0 Å². The van der Waals surface area contributed by atoms with Crippen LogP contribution >= 0.6 is 0 Å². The maximum absolute atomic E-state index is 12.8. The van der Waals surface area contributed by atoms with Crippen molar-refractivity contribution in [2.75, 3.05) is 46.9 Å². The molecule has 0 bridgehead atoms. The number of nitrogens with one attached hydrogen (secondary N) is 1. The van der Waals surface area contributed by atoms with Crippen LogP contribution < -0.4 is 9.46 Å². The summed E-state index contributed by atoms with van der Waals surface area (Å²) in [4.78, 5) is 16.9. The van der Waals surface area contributed by atoms with Gasteiger partial charge < -0.3 is 14.5 Å². The monoisotopic (exact) mass is 409 g/mol. The van der Waals surface area contributed by atoms with Gasteiger partial charge in [0, 0.05) is 19.6 Å². The lowest BCUT2D eigenvalue weighted by Crippen LogP contribution is -2.33. The summed E-state index contributed by atoms with van der Waals surface area (Å²) in [5, 5.41) is 0. The van der Waals surface area contributed by atoms with E-state index in [-0.39, 0.29) is 10.8 Å². The van der Waals surface area contributed by atoms with E-state index in [2.05, 4.69) is 16.7 Å². The van der Waals surface area contributed by atoms with Gasteiger partial charge in [0.05, 0.1) is 17.6 Å². The summed E-state index contributed by atoms with van der Waals surface area (Å²) >= 11 is 0. The molecule has 2 saturated heterocycles. The number of carbonyl (C=O) groups is 1. The minimum absolute atomic E-state index is 0.110. The molecule has 0 aromatic heterocycles. The fourth-order valence-electron chi connectivity index (χ4n) is 3.94. The minimum Gasteiger partial charge on any atom is -0.496 e.